The van der Waals surface area contributed by atoms with Crippen LogP contribution in [0.4, 0.5) is 5.69 Å². The van der Waals surface area contributed by atoms with E-state index in [1.54, 1.807) is 41.6 Å². The third-order valence-corrected chi connectivity index (χ3v) is 4.25. The molecular formula is C17H18N4O2S. The van der Waals surface area contributed by atoms with Gasteiger partial charge in [-0.15, -0.1) is 0 Å². The number of ether oxygens (including phenoxy) is 1. The SMILES string of the molecule is COCCn1cc(NC(=O)c2ccc(-c3ccsc3)nc2C)cn1. The molecule has 0 aliphatic carbocycles. The van der Waals surface area contributed by atoms with E-state index in [0.717, 1.165) is 11.3 Å². The molecule has 0 fully saturated rings. The maximum absolute atomic E-state index is 12.4. The highest BCUT2D eigenvalue weighted by atomic mass is 32.1. The third-order valence-electron chi connectivity index (χ3n) is 3.56. The van der Waals surface area contributed by atoms with Crippen LogP contribution in [-0.4, -0.2) is 34.4 Å². The number of methoxy groups -OCH3 is 1. The van der Waals surface area contributed by atoms with E-state index in [2.05, 4.69) is 15.4 Å². The highest BCUT2D eigenvalue weighted by Crippen LogP contribution is 2.22. The Morgan fingerprint density at radius 3 is 2.96 bits per heavy atom. The first-order valence-corrected chi connectivity index (χ1v) is 8.44. The zero-order valence-electron chi connectivity index (χ0n) is 13.5. The number of nitrogens with one attached hydrogen (secondary N) is 1. The van der Waals surface area contributed by atoms with Gasteiger partial charge in [0.1, 0.15) is 0 Å². The van der Waals surface area contributed by atoms with Crippen LogP contribution in [0.1, 0.15) is 16.1 Å². The van der Waals surface area contributed by atoms with Crippen LogP contribution >= 0.6 is 11.3 Å². The summed E-state index contributed by atoms with van der Waals surface area (Å²) in [5.74, 6) is -0.192. The van der Waals surface area contributed by atoms with Gasteiger partial charge in [-0.3, -0.25) is 14.5 Å². The van der Waals surface area contributed by atoms with Crippen LogP contribution in [0.15, 0.2) is 41.4 Å². The molecule has 3 heterocycles. The van der Waals surface area contributed by atoms with Crippen LogP contribution in [0.25, 0.3) is 11.3 Å². The first-order chi connectivity index (χ1) is 11.7. The normalized spacial score (nSPS) is 10.8. The van der Waals surface area contributed by atoms with Crippen molar-refractivity contribution in [2.75, 3.05) is 19.0 Å². The number of amides is 1. The summed E-state index contributed by atoms with van der Waals surface area (Å²) in [6.07, 6.45) is 3.40. The minimum Gasteiger partial charge on any atom is -0.383 e. The second kappa shape index (κ2) is 7.37. The van der Waals surface area contributed by atoms with Crippen molar-refractivity contribution in [2.24, 2.45) is 0 Å². The third kappa shape index (κ3) is 3.69. The monoisotopic (exact) mass is 342 g/mol. The van der Waals surface area contributed by atoms with Crippen molar-refractivity contribution < 1.29 is 9.53 Å². The molecule has 0 spiro atoms. The number of carbonyl (C=O) groups is 1. The minimum atomic E-state index is -0.192. The molecular weight excluding hydrogens is 324 g/mol. The standard InChI is InChI=1S/C17H18N4O2S/c1-12-15(3-4-16(19-12)13-5-8-24-11-13)17(22)20-14-9-18-21(10-14)6-7-23-2/h3-5,8-11H,6-7H2,1-2H3,(H,20,22). The van der Waals surface area contributed by atoms with E-state index in [1.165, 1.54) is 0 Å². The van der Waals surface area contributed by atoms with E-state index >= 15 is 0 Å². The predicted octanol–water partition coefficient (Wildman–Crippen LogP) is 3.21. The van der Waals surface area contributed by atoms with Gasteiger partial charge in [0.05, 0.1) is 42.0 Å². The molecule has 1 amide bonds. The van der Waals surface area contributed by atoms with Crippen molar-refractivity contribution in [3.8, 4) is 11.3 Å². The summed E-state index contributed by atoms with van der Waals surface area (Å²) < 4.78 is 6.73. The highest BCUT2D eigenvalue weighted by molar-refractivity contribution is 7.08. The van der Waals surface area contributed by atoms with Crippen LogP contribution < -0.4 is 5.32 Å². The van der Waals surface area contributed by atoms with Gasteiger partial charge in [0, 0.05) is 24.3 Å². The zero-order chi connectivity index (χ0) is 16.9. The van der Waals surface area contributed by atoms with E-state index in [4.69, 9.17) is 4.74 Å². The van der Waals surface area contributed by atoms with Crippen molar-refractivity contribution in [1.29, 1.82) is 0 Å². The van der Waals surface area contributed by atoms with Crippen LogP contribution in [0.3, 0.4) is 0 Å². The Bertz CT molecular complexity index is 827. The van der Waals surface area contributed by atoms with Gasteiger partial charge in [0.2, 0.25) is 0 Å². The number of rotatable bonds is 6. The summed E-state index contributed by atoms with van der Waals surface area (Å²) in [5, 5.41) is 11.1. The lowest BCUT2D eigenvalue weighted by molar-refractivity contribution is 0.102. The minimum absolute atomic E-state index is 0.192. The summed E-state index contributed by atoms with van der Waals surface area (Å²) in [6, 6.07) is 5.69. The Labute approximate surface area is 144 Å². The lowest BCUT2D eigenvalue weighted by atomic mass is 10.1. The average molecular weight is 342 g/mol. The summed E-state index contributed by atoms with van der Waals surface area (Å²) in [5.41, 5.74) is 3.84. The fourth-order valence-electron chi connectivity index (χ4n) is 2.31. The molecule has 0 saturated carbocycles. The van der Waals surface area contributed by atoms with Crippen molar-refractivity contribution in [1.82, 2.24) is 14.8 Å². The molecule has 0 aliphatic rings. The largest absolute Gasteiger partial charge is 0.383 e. The number of thiophene rings is 1. The lowest BCUT2D eigenvalue weighted by Gasteiger charge is -2.07. The summed E-state index contributed by atoms with van der Waals surface area (Å²) >= 11 is 1.62. The van der Waals surface area contributed by atoms with Crippen LogP contribution in [0.2, 0.25) is 0 Å². The number of aromatic nitrogens is 3. The van der Waals surface area contributed by atoms with E-state index in [-0.39, 0.29) is 5.91 Å². The topological polar surface area (TPSA) is 69.0 Å². The molecule has 0 aliphatic heterocycles. The van der Waals surface area contributed by atoms with Gasteiger partial charge in [-0.25, -0.2) is 0 Å². The van der Waals surface area contributed by atoms with E-state index < -0.39 is 0 Å². The molecule has 0 saturated heterocycles. The second-order valence-corrected chi connectivity index (χ2v) is 6.06. The Morgan fingerprint density at radius 1 is 1.38 bits per heavy atom. The van der Waals surface area contributed by atoms with Crippen molar-refractivity contribution in [3.05, 3.63) is 52.6 Å². The summed E-state index contributed by atoms with van der Waals surface area (Å²) in [4.78, 5) is 17.0. The highest BCUT2D eigenvalue weighted by Gasteiger charge is 2.13. The maximum atomic E-state index is 12.4. The van der Waals surface area contributed by atoms with Crippen molar-refractivity contribution in [2.45, 2.75) is 13.5 Å². The van der Waals surface area contributed by atoms with Gasteiger partial charge >= 0.3 is 0 Å². The van der Waals surface area contributed by atoms with Crippen LogP contribution in [-0.2, 0) is 11.3 Å². The van der Waals surface area contributed by atoms with Crippen molar-refractivity contribution in [3.63, 3.8) is 0 Å². The number of pyridine rings is 1. The quantitative estimate of drug-likeness (QED) is 0.747. The number of aryl methyl sites for hydroxylation is 1. The van der Waals surface area contributed by atoms with Gasteiger partial charge in [-0.05, 0) is 30.5 Å². The fraction of sp³-hybridized carbons (Fsp3) is 0.235. The van der Waals surface area contributed by atoms with E-state index in [9.17, 15) is 4.79 Å². The molecule has 0 aromatic carbocycles. The van der Waals surface area contributed by atoms with Gasteiger partial charge in [0.15, 0.2) is 0 Å². The Morgan fingerprint density at radius 2 is 2.25 bits per heavy atom. The second-order valence-electron chi connectivity index (χ2n) is 5.28. The lowest BCUT2D eigenvalue weighted by Crippen LogP contribution is -2.14. The number of hydrogen-bond donors (Lipinski definition) is 1. The number of anilines is 1. The summed E-state index contributed by atoms with van der Waals surface area (Å²) in [7, 11) is 1.64. The molecule has 3 rings (SSSR count). The zero-order valence-corrected chi connectivity index (χ0v) is 14.3. The van der Waals surface area contributed by atoms with Crippen LogP contribution in [0.5, 0.6) is 0 Å². The number of carbonyl (C=O) groups excluding carboxylic acids is 1. The molecule has 3 aromatic rings. The van der Waals surface area contributed by atoms with Crippen LogP contribution in [0, 0.1) is 6.92 Å². The molecule has 0 radical (unpaired) electrons. The van der Waals surface area contributed by atoms with Gasteiger partial charge in [0.25, 0.3) is 5.91 Å². The molecule has 124 valence electrons. The number of nitrogens with zero attached hydrogens (tertiary/aromatic N) is 3. The molecule has 1 N–H and O–H groups in total. The van der Waals surface area contributed by atoms with Gasteiger partial charge in [-0.1, -0.05) is 0 Å². The molecule has 0 bridgehead atoms. The maximum Gasteiger partial charge on any atom is 0.257 e. The average Bonchev–Trinajstić information content (AvgIpc) is 3.24. The molecule has 0 unspecified atom stereocenters. The first kappa shape index (κ1) is 16.4. The summed E-state index contributed by atoms with van der Waals surface area (Å²) in [6.45, 7) is 3.05. The molecule has 24 heavy (non-hydrogen) atoms. The number of hydrogen-bond acceptors (Lipinski definition) is 5. The smallest absolute Gasteiger partial charge is 0.257 e. The predicted molar refractivity (Wildman–Crippen MR) is 94.3 cm³/mol. The Hall–Kier alpha value is -2.51. The molecule has 3 aromatic heterocycles. The van der Waals surface area contributed by atoms with Gasteiger partial charge in [-0.2, -0.15) is 16.4 Å². The molecule has 6 nitrogen and oxygen atoms in total. The van der Waals surface area contributed by atoms with Gasteiger partial charge < -0.3 is 10.1 Å². The van der Waals surface area contributed by atoms with E-state index in [0.29, 0.717) is 30.1 Å². The first-order valence-electron chi connectivity index (χ1n) is 7.50. The van der Waals surface area contributed by atoms with E-state index in [1.807, 2.05) is 29.8 Å². The Balaban J connectivity index is 1.72. The molecule has 0 atom stereocenters. The van der Waals surface area contributed by atoms with Crippen molar-refractivity contribution >= 4 is 22.9 Å². The molecule has 7 heteroatoms. The Kier molecular flexibility index (Phi) is 5.02. The fourth-order valence-corrected chi connectivity index (χ4v) is 2.96.